The SMILES string of the molecule is CCCCCCCC/C=C\CCCC(CC(=O)NC(CO)C(O)CCCCCCCCCCCC)OC(=O)CCCCCCCCCCCCCCCCCCCC. The minimum Gasteiger partial charge on any atom is -0.462 e. The Morgan fingerprint density at radius 1 is 0.483 bits per heavy atom. The Kier molecular flexibility index (Phi) is 45.5. The second kappa shape index (κ2) is 46.7. The van der Waals surface area contributed by atoms with Gasteiger partial charge in [-0.1, -0.05) is 238 Å². The molecular formula is C52H101NO5. The highest BCUT2D eigenvalue weighted by Gasteiger charge is 2.24. The molecule has 3 atom stereocenters. The quantitative estimate of drug-likeness (QED) is 0.0323. The molecule has 0 saturated heterocycles. The monoisotopic (exact) mass is 820 g/mol. The summed E-state index contributed by atoms with van der Waals surface area (Å²) in [6, 6.07) is -0.702. The summed E-state index contributed by atoms with van der Waals surface area (Å²) >= 11 is 0. The maximum absolute atomic E-state index is 13.1. The van der Waals surface area contributed by atoms with Gasteiger partial charge in [0, 0.05) is 6.42 Å². The van der Waals surface area contributed by atoms with Crippen LogP contribution in [-0.4, -0.2) is 46.9 Å². The molecule has 6 nitrogen and oxygen atoms in total. The summed E-state index contributed by atoms with van der Waals surface area (Å²) in [5.74, 6) is -0.488. The number of carbonyl (C=O) groups excluding carboxylic acids is 2. The standard InChI is InChI=1S/C52H101NO5/c1-4-7-10-13-16-19-22-23-24-25-26-27-28-30-33-36-39-42-45-52(57)58-48(43-40-37-34-31-29-20-17-14-11-8-5-2)46-51(56)53-49(47-54)50(55)44-41-38-35-32-21-18-15-12-9-6-3/h31,34,48-50,54-55H,4-30,32-33,35-47H2,1-3H3,(H,53,56)/b34-31-. The van der Waals surface area contributed by atoms with Crippen molar-refractivity contribution in [2.75, 3.05) is 6.61 Å². The van der Waals surface area contributed by atoms with Gasteiger partial charge in [0.25, 0.3) is 0 Å². The third kappa shape index (κ3) is 41.3. The highest BCUT2D eigenvalue weighted by atomic mass is 16.5. The summed E-state index contributed by atoms with van der Waals surface area (Å²) in [4.78, 5) is 26.1. The number of aliphatic hydroxyl groups is 2. The molecular weight excluding hydrogens is 719 g/mol. The predicted molar refractivity (Wildman–Crippen MR) is 250 cm³/mol. The number of aliphatic hydroxyl groups excluding tert-OH is 2. The van der Waals surface area contributed by atoms with E-state index < -0.39 is 18.2 Å². The lowest BCUT2D eigenvalue weighted by molar-refractivity contribution is -0.151. The lowest BCUT2D eigenvalue weighted by Crippen LogP contribution is -2.46. The maximum atomic E-state index is 13.1. The van der Waals surface area contributed by atoms with E-state index in [0.29, 0.717) is 19.3 Å². The first-order valence-corrected chi connectivity index (χ1v) is 25.9. The van der Waals surface area contributed by atoms with Crippen molar-refractivity contribution < 1.29 is 24.5 Å². The summed E-state index contributed by atoms with van der Waals surface area (Å²) < 4.78 is 5.91. The van der Waals surface area contributed by atoms with Gasteiger partial charge in [0.1, 0.15) is 6.10 Å². The Morgan fingerprint density at radius 2 is 0.845 bits per heavy atom. The summed E-state index contributed by atoms with van der Waals surface area (Å²) in [7, 11) is 0. The first-order chi connectivity index (χ1) is 28.5. The smallest absolute Gasteiger partial charge is 0.306 e. The molecule has 0 rings (SSSR count). The molecule has 0 spiro atoms. The fraction of sp³-hybridized carbons (Fsp3) is 0.923. The fourth-order valence-corrected chi connectivity index (χ4v) is 8.14. The number of nitrogens with one attached hydrogen (secondary N) is 1. The van der Waals surface area contributed by atoms with Crippen molar-refractivity contribution in [3.05, 3.63) is 12.2 Å². The zero-order chi connectivity index (χ0) is 42.4. The summed E-state index contributed by atoms with van der Waals surface area (Å²) in [6.45, 7) is 6.47. The molecule has 344 valence electrons. The van der Waals surface area contributed by atoms with Crippen molar-refractivity contribution >= 4 is 11.9 Å². The molecule has 0 radical (unpaired) electrons. The zero-order valence-electron chi connectivity index (χ0n) is 39.2. The van der Waals surface area contributed by atoms with E-state index in [1.807, 2.05) is 0 Å². The van der Waals surface area contributed by atoms with Crippen LogP contribution in [0.5, 0.6) is 0 Å². The fourth-order valence-electron chi connectivity index (χ4n) is 8.14. The minimum absolute atomic E-state index is 0.0633. The van der Waals surface area contributed by atoms with Gasteiger partial charge >= 0.3 is 5.97 Å². The Hall–Kier alpha value is -1.40. The molecule has 1 amide bonds. The van der Waals surface area contributed by atoms with Gasteiger partial charge in [0.2, 0.25) is 5.91 Å². The molecule has 0 aromatic heterocycles. The van der Waals surface area contributed by atoms with Crippen molar-refractivity contribution in [3.8, 4) is 0 Å². The van der Waals surface area contributed by atoms with Crippen LogP contribution in [0.25, 0.3) is 0 Å². The molecule has 0 saturated carbocycles. The normalized spacial score (nSPS) is 13.3. The molecule has 0 heterocycles. The van der Waals surface area contributed by atoms with E-state index in [2.05, 4.69) is 38.2 Å². The van der Waals surface area contributed by atoms with Crippen LogP contribution < -0.4 is 5.32 Å². The molecule has 6 heteroatoms. The van der Waals surface area contributed by atoms with Crippen LogP contribution >= 0.6 is 0 Å². The molecule has 0 aromatic rings. The number of rotatable bonds is 47. The Bertz CT molecular complexity index is 878. The van der Waals surface area contributed by atoms with Crippen LogP contribution in [0, 0.1) is 0 Å². The Labute approximate surface area is 361 Å². The number of carbonyl (C=O) groups is 2. The third-order valence-corrected chi connectivity index (χ3v) is 12.1. The van der Waals surface area contributed by atoms with Crippen molar-refractivity contribution in [2.45, 2.75) is 302 Å². The molecule has 3 N–H and O–H groups in total. The molecule has 0 aliphatic rings. The van der Waals surface area contributed by atoms with Crippen molar-refractivity contribution in [2.24, 2.45) is 0 Å². The highest BCUT2D eigenvalue weighted by molar-refractivity contribution is 5.77. The van der Waals surface area contributed by atoms with Crippen molar-refractivity contribution in [3.63, 3.8) is 0 Å². The largest absolute Gasteiger partial charge is 0.462 e. The van der Waals surface area contributed by atoms with Crippen LogP contribution in [-0.2, 0) is 14.3 Å². The number of ether oxygens (including phenoxy) is 1. The van der Waals surface area contributed by atoms with E-state index >= 15 is 0 Å². The summed E-state index contributed by atoms with van der Waals surface area (Å²) in [6.07, 6.45) is 51.4. The van der Waals surface area contributed by atoms with Crippen LogP contribution in [0.2, 0.25) is 0 Å². The van der Waals surface area contributed by atoms with Crippen molar-refractivity contribution in [1.82, 2.24) is 5.32 Å². The van der Waals surface area contributed by atoms with Crippen LogP contribution in [0.15, 0.2) is 12.2 Å². The van der Waals surface area contributed by atoms with E-state index in [0.717, 1.165) is 57.8 Å². The van der Waals surface area contributed by atoms with Gasteiger partial charge in [-0.15, -0.1) is 0 Å². The number of unbranched alkanes of at least 4 members (excludes halogenated alkanes) is 33. The zero-order valence-corrected chi connectivity index (χ0v) is 39.2. The Balaban J connectivity index is 4.46. The molecule has 58 heavy (non-hydrogen) atoms. The molecule has 3 unspecified atom stereocenters. The van der Waals surface area contributed by atoms with E-state index in [-0.39, 0.29) is 24.9 Å². The number of allylic oxidation sites excluding steroid dienone is 2. The second-order valence-electron chi connectivity index (χ2n) is 17.9. The molecule has 0 aliphatic carbocycles. The molecule has 0 fully saturated rings. The topological polar surface area (TPSA) is 95.9 Å². The summed E-state index contributed by atoms with van der Waals surface area (Å²) in [5.41, 5.74) is 0. The first-order valence-electron chi connectivity index (χ1n) is 25.9. The van der Waals surface area contributed by atoms with Crippen LogP contribution in [0.4, 0.5) is 0 Å². The van der Waals surface area contributed by atoms with Crippen LogP contribution in [0.3, 0.4) is 0 Å². The summed E-state index contributed by atoms with van der Waals surface area (Å²) in [5, 5.41) is 23.7. The van der Waals surface area contributed by atoms with Gasteiger partial charge < -0.3 is 20.3 Å². The van der Waals surface area contributed by atoms with Gasteiger partial charge in [0.15, 0.2) is 0 Å². The van der Waals surface area contributed by atoms with Gasteiger partial charge in [-0.05, 0) is 44.9 Å². The van der Waals surface area contributed by atoms with E-state index in [4.69, 9.17) is 4.74 Å². The van der Waals surface area contributed by atoms with Gasteiger partial charge in [-0.25, -0.2) is 0 Å². The molecule has 0 bridgehead atoms. The second-order valence-corrected chi connectivity index (χ2v) is 17.9. The average Bonchev–Trinajstić information content (AvgIpc) is 3.22. The van der Waals surface area contributed by atoms with Gasteiger partial charge in [-0.3, -0.25) is 9.59 Å². The molecule has 0 aliphatic heterocycles. The first kappa shape index (κ1) is 56.6. The lowest BCUT2D eigenvalue weighted by atomic mass is 10.0. The minimum atomic E-state index is -0.787. The van der Waals surface area contributed by atoms with E-state index in [1.54, 1.807) is 0 Å². The molecule has 0 aromatic carbocycles. The predicted octanol–water partition coefficient (Wildman–Crippen LogP) is 15.3. The van der Waals surface area contributed by atoms with Gasteiger partial charge in [0.05, 0.1) is 25.2 Å². The van der Waals surface area contributed by atoms with Crippen molar-refractivity contribution in [1.29, 1.82) is 0 Å². The third-order valence-electron chi connectivity index (χ3n) is 12.1. The van der Waals surface area contributed by atoms with Crippen LogP contribution in [0.1, 0.15) is 284 Å². The lowest BCUT2D eigenvalue weighted by Gasteiger charge is -2.24. The average molecular weight is 820 g/mol. The highest BCUT2D eigenvalue weighted by Crippen LogP contribution is 2.18. The maximum Gasteiger partial charge on any atom is 0.306 e. The number of hydrogen-bond donors (Lipinski definition) is 3. The van der Waals surface area contributed by atoms with E-state index in [1.165, 1.54) is 180 Å². The van der Waals surface area contributed by atoms with Gasteiger partial charge in [-0.2, -0.15) is 0 Å². The number of amides is 1. The Morgan fingerprint density at radius 3 is 1.26 bits per heavy atom. The number of hydrogen-bond acceptors (Lipinski definition) is 5. The number of esters is 1. The van der Waals surface area contributed by atoms with E-state index in [9.17, 15) is 19.8 Å².